The maximum atomic E-state index is 5.17. The van der Waals surface area contributed by atoms with Crippen LogP contribution in [0.5, 0.6) is 0 Å². The Morgan fingerprint density at radius 3 is 2.73 bits per heavy atom. The Balaban J connectivity index is 3.36. The van der Waals surface area contributed by atoms with Crippen LogP contribution in [0.3, 0.4) is 0 Å². The van der Waals surface area contributed by atoms with Crippen molar-refractivity contribution in [1.29, 1.82) is 0 Å². The summed E-state index contributed by atoms with van der Waals surface area (Å²) in [6.07, 6.45) is 0. The van der Waals surface area contributed by atoms with Crippen molar-refractivity contribution in [2.24, 2.45) is 0 Å². The van der Waals surface area contributed by atoms with E-state index in [2.05, 4.69) is 5.32 Å². The molecule has 0 bridgehead atoms. The largest absolute Gasteiger partial charge is 0.380 e. The fourth-order valence-electron chi connectivity index (χ4n) is 0.638. The second-order valence-electron chi connectivity index (χ2n) is 2.17. The molecule has 0 unspecified atom stereocenters. The highest BCUT2D eigenvalue weighted by molar-refractivity contribution is 7.80. The van der Waals surface area contributed by atoms with E-state index < -0.39 is 0 Å². The number of thiocarbonyl (C=S) groups is 1. The molecule has 0 heterocycles. The van der Waals surface area contributed by atoms with Crippen LogP contribution >= 0.6 is 12.2 Å². The summed E-state index contributed by atoms with van der Waals surface area (Å²) < 4.78 is 5.17. The number of hydrogen-bond donors (Lipinski definition) is 1. The first kappa shape index (κ1) is 10.7. The van der Waals surface area contributed by atoms with Gasteiger partial charge in [0.05, 0.1) is 6.61 Å². The zero-order chi connectivity index (χ0) is 8.69. The third-order valence-corrected chi connectivity index (χ3v) is 1.85. The minimum absolute atomic E-state index is 0.731. The Labute approximate surface area is 73.7 Å². The van der Waals surface area contributed by atoms with E-state index in [0.717, 1.165) is 24.9 Å². The molecule has 3 nitrogen and oxygen atoms in total. The van der Waals surface area contributed by atoms with Gasteiger partial charge in [-0.05, 0) is 19.1 Å². The average Bonchev–Trinajstić information content (AvgIpc) is 2.03. The number of rotatable bonds is 4. The molecule has 66 valence electrons. The number of ether oxygens (including phenoxy) is 1. The summed E-state index contributed by atoms with van der Waals surface area (Å²) in [5.41, 5.74) is 0. The molecule has 0 fully saturated rings. The summed E-state index contributed by atoms with van der Waals surface area (Å²) in [5.74, 6) is 0. The van der Waals surface area contributed by atoms with Crippen LogP contribution in [0.2, 0.25) is 0 Å². The number of hydrogen-bond acceptors (Lipinski definition) is 2. The molecule has 0 radical (unpaired) electrons. The molecule has 0 aliphatic rings. The molecule has 0 aromatic carbocycles. The van der Waals surface area contributed by atoms with E-state index in [1.165, 1.54) is 0 Å². The monoisotopic (exact) mass is 176 g/mol. The van der Waals surface area contributed by atoms with Crippen LogP contribution in [0.15, 0.2) is 0 Å². The molecule has 0 aromatic heterocycles. The van der Waals surface area contributed by atoms with Crippen LogP contribution in [0.4, 0.5) is 0 Å². The highest BCUT2D eigenvalue weighted by atomic mass is 32.1. The first-order chi connectivity index (χ1) is 5.22. The molecule has 0 amide bonds. The Bertz CT molecular complexity index is 119. The standard InChI is InChI=1S/C7H16N2OS/c1-4-10-6-5-9(3)7(11)8-2/h4-6H2,1-3H3,(H,8,11). The minimum atomic E-state index is 0.731. The Morgan fingerprint density at radius 2 is 2.27 bits per heavy atom. The summed E-state index contributed by atoms with van der Waals surface area (Å²) in [4.78, 5) is 1.95. The van der Waals surface area contributed by atoms with Gasteiger partial charge in [-0.25, -0.2) is 0 Å². The molecule has 0 aliphatic heterocycles. The lowest BCUT2D eigenvalue weighted by molar-refractivity contribution is 0.137. The van der Waals surface area contributed by atoms with Crippen LogP contribution in [0.25, 0.3) is 0 Å². The van der Waals surface area contributed by atoms with Crippen molar-refractivity contribution in [3.8, 4) is 0 Å². The zero-order valence-electron chi connectivity index (χ0n) is 7.39. The van der Waals surface area contributed by atoms with Crippen molar-refractivity contribution in [1.82, 2.24) is 10.2 Å². The van der Waals surface area contributed by atoms with E-state index in [0.29, 0.717) is 0 Å². The van der Waals surface area contributed by atoms with Crippen molar-refractivity contribution in [2.45, 2.75) is 6.92 Å². The highest BCUT2D eigenvalue weighted by Gasteiger charge is 1.99. The van der Waals surface area contributed by atoms with E-state index in [-0.39, 0.29) is 0 Å². The number of nitrogens with one attached hydrogen (secondary N) is 1. The topological polar surface area (TPSA) is 24.5 Å². The lowest BCUT2D eigenvalue weighted by Gasteiger charge is -2.18. The van der Waals surface area contributed by atoms with Crippen LogP contribution < -0.4 is 5.32 Å². The molecular formula is C7H16N2OS. The number of likely N-dealkylation sites (N-methyl/N-ethyl adjacent to an activating group) is 1. The van der Waals surface area contributed by atoms with Gasteiger partial charge in [0, 0.05) is 27.2 Å². The van der Waals surface area contributed by atoms with Gasteiger partial charge in [-0.15, -0.1) is 0 Å². The molecule has 4 heteroatoms. The van der Waals surface area contributed by atoms with Gasteiger partial charge in [-0.2, -0.15) is 0 Å². The summed E-state index contributed by atoms with van der Waals surface area (Å²) in [7, 11) is 3.76. The molecular weight excluding hydrogens is 160 g/mol. The average molecular weight is 176 g/mol. The first-order valence-corrected chi connectivity index (χ1v) is 4.13. The summed E-state index contributed by atoms with van der Waals surface area (Å²) in [6, 6.07) is 0. The van der Waals surface area contributed by atoms with Gasteiger partial charge >= 0.3 is 0 Å². The summed E-state index contributed by atoms with van der Waals surface area (Å²) >= 11 is 4.99. The minimum Gasteiger partial charge on any atom is -0.380 e. The molecule has 0 saturated heterocycles. The predicted molar refractivity (Wildman–Crippen MR) is 50.8 cm³/mol. The normalized spacial score (nSPS) is 9.36. The van der Waals surface area contributed by atoms with Gasteiger partial charge in [-0.3, -0.25) is 0 Å². The van der Waals surface area contributed by atoms with Crippen molar-refractivity contribution in [3.05, 3.63) is 0 Å². The van der Waals surface area contributed by atoms with Crippen LogP contribution in [-0.2, 0) is 4.74 Å². The quantitative estimate of drug-likeness (QED) is 0.497. The van der Waals surface area contributed by atoms with E-state index in [4.69, 9.17) is 17.0 Å². The van der Waals surface area contributed by atoms with Gasteiger partial charge in [-0.1, -0.05) is 0 Å². The first-order valence-electron chi connectivity index (χ1n) is 3.73. The van der Waals surface area contributed by atoms with Crippen molar-refractivity contribution < 1.29 is 4.74 Å². The highest BCUT2D eigenvalue weighted by Crippen LogP contribution is 1.84. The summed E-state index contributed by atoms with van der Waals surface area (Å²) in [6.45, 7) is 4.32. The second-order valence-corrected chi connectivity index (χ2v) is 2.56. The maximum Gasteiger partial charge on any atom is 0.168 e. The van der Waals surface area contributed by atoms with Crippen molar-refractivity contribution >= 4 is 17.3 Å². The third-order valence-electron chi connectivity index (χ3n) is 1.34. The van der Waals surface area contributed by atoms with Crippen molar-refractivity contribution in [3.63, 3.8) is 0 Å². The lowest BCUT2D eigenvalue weighted by Crippen LogP contribution is -2.36. The van der Waals surface area contributed by atoms with Crippen LogP contribution in [0.1, 0.15) is 6.92 Å². The van der Waals surface area contributed by atoms with Crippen LogP contribution in [-0.4, -0.2) is 43.9 Å². The second kappa shape index (κ2) is 6.37. The van der Waals surface area contributed by atoms with Gasteiger partial charge in [0.25, 0.3) is 0 Å². The predicted octanol–water partition coefficient (Wildman–Crippen LogP) is 0.459. The lowest BCUT2D eigenvalue weighted by atomic mass is 10.6. The molecule has 0 atom stereocenters. The number of nitrogens with zero attached hydrogens (tertiary/aromatic N) is 1. The fourth-order valence-corrected chi connectivity index (χ4v) is 0.730. The van der Waals surface area contributed by atoms with E-state index in [9.17, 15) is 0 Å². The Kier molecular flexibility index (Phi) is 6.16. The fraction of sp³-hybridized carbons (Fsp3) is 0.857. The molecule has 0 aliphatic carbocycles. The van der Waals surface area contributed by atoms with E-state index in [1.807, 2.05) is 25.9 Å². The summed E-state index contributed by atoms with van der Waals surface area (Å²) in [5, 5.41) is 3.65. The molecule has 1 N–H and O–H groups in total. The third kappa shape index (κ3) is 4.98. The molecule has 0 aromatic rings. The maximum absolute atomic E-state index is 5.17. The van der Waals surface area contributed by atoms with E-state index >= 15 is 0 Å². The van der Waals surface area contributed by atoms with Gasteiger partial charge < -0.3 is 15.0 Å². The molecule has 0 saturated carbocycles. The van der Waals surface area contributed by atoms with Crippen LogP contribution in [0, 0.1) is 0 Å². The van der Waals surface area contributed by atoms with Crippen molar-refractivity contribution in [2.75, 3.05) is 33.9 Å². The smallest absolute Gasteiger partial charge is 0.168 e. The Morgan fingerprint density at radius 1 is 1.64 bits per heavy atom. The molecule has 0 rings (SSSR count). The zero-order valence-corrected chi connectivity index (χ0v) is 8.20. The SMILES string of the molecule is CCOCCN(C)C(=S)NC. The molecule has 11 heavy (non-hydrogen) atoms. The van der Waals surface area contributed by atoms with Gasteiger partial charge in [0.1, 0.15) is 0 Å². The van der Waals surface area contributed by atoms with Gasteiger partial charge in [0.15, 0.2) is 5.11 Å². The van der Waals surface area contributed by atoms with E-state index in [1.54, 1.807) is 0 Å². The Hall–Kier alpha value is -0.350. The molecule has 0 spiro atoms. The van der Waals surface area contributed by atoms with Gasteiger partial charge in [0.2, 0.25) is 0 Å².